The topological polar surface area (TPSA) is 51.2 Å². The summed E-state index contributed by atoms with van der Waals surface area (Å²) in [5, 5.41) is 6.00. The maximum absolute atomic E-state index is 12.1. The first-order valence-electron chi connectivity index (χ1n) is 7.35. The number of nitrogens with zero attached hydrogens (tertiary/aromatic N) is 1. The van der Waals surface area contributed by atoms with E-state index in [0.29, 0.717) is 29.6 Å². The summed E-state index contributed by atoms with van der Waals surface area (Å²) in [6.07, 6.45) is 0. The fourth-order valence-electron chi connectivity index (χ4n) is 2.03. The van der Waals surface area contributed by atoms with E-state index in [0.717, 1.165) is 10.6 Å². The van der Waals surface area contributed by atoms with Crippen LogP contribution in [0.15, 0.2) is 60.0 Å². The van der Waals surface area contributed by atoms with Crippen LogP contribution in [0.25, 0.3) is 0 Å². The van der Waals surface area contributed by atoms with Crippen molar-refractivity contribution in [1.29, 1.82) is 0 Å². The second-order valence-corrected chi connectivity index (χ2v) is 6.42. The summed E-state index contributed by atoms with van der Waals surface area (Å²) < 4.78 is 5.63. The predicted octanol–water partition coefficient (Wildman–Crippen LogP) is 4.31. The molecule has 0 aliphatic rings. The number of benzene rings is 2. The smallest absolute Gasteiger partial charge is 0.271 e. The van der Waals surface area contributed by atoms with Crippen molar-refractivity contribution in [2.24, 2.45) is 0 Å². The normalized spacial score (nSPS) is 10.4. The Kier molecular flexibility index (Phi) is 5.46. The van der Waals surface area contributed by atoms with Gasteiger partial charge in [0.05, 0.1) is 0 Å². The van der Waals surface area contributed by atoms with Crippen molar-refractivity contribution < 1.29 is 9.53 Å². The second-order valence-electron chi connectivity index (χ2n) is 5.04. The van der Waals surface area contributed by atoms with Gasteiger partial charge in [-0.3, -0.25) is 4.79 Å². The fourth-order valence-corrected chi connectivity index (χ4v) is 2.84. The number of carbonyl (C=O) groups excluding carboxylic acids is 1. The van der Waals surface area contributed by atoms with Crippen molar-refractivity contribution in [3.8, 4) is 5.75 Å². The van der Waals surface area contributed by atoms with Crippen LogP contribution < -0.4 is 10.1 Å². The highest BCUT2D eigenvalue weighted by atomic mass is 35.5. The molecule has 4 nitrogen and oxygen atoms in total. The quantitative estimate of drug-likeness (QED) is 0.714. The molecule has 3 aromatic rings. The van der Waals surface area contributed by atoms with E-state index in [1.54, 1.807) is 29.6 Å². The van der Waals surface area contributed by atoms with Gasteiger partial charge in [0.25, 0.3) is 5.91 Å². The minimum Gasteiger partial charge on any atom is -0.486 e. The first-order chi connectivity index (χ1) is 11.7. The third-order valence-electron chi connectivity index (χ3n) is 3.26. The SMILES string of the molecule is O=C(NCc1ccccc1)c1csc(COc2ccc(Cl)cc2)n1. The van der Waals surface area contributed by atoms with Gasteiger partial charge in [-0.05, 0) is 29.8 Å². The van der Waals surface area contributed by atoms with Gasteiger partial charge in [-0.1, -0.05) is 41.9 Å². The number of hydrogen-bond donors (Lipinski definition) is 1. The summed E-state index contributed by atoms with van der Waals surface area (Å²) in [6.45, 7) is 0.798. The second kappa shape index (κ2) is 7.95. The predicted molar refractivity (Wildman–Crippen MR) is 95.5 cm³/mol. The zero-order chi connectivity index (χ0) is 16.8. The minimum absolute atomic E-state index is 0.187. The van der Waals surface area contributed by atoms with Crippen molar-refractivity contribution in [1.82, 2.24) is 10.3 Å². The third kappa shape index (κ3) is 4.57. The highest BCUT2D eigenvalue weighted by Crippen LogP contribution is 2.18. The fraction of sp³-hybridized carbons (Fsp3) is 0.111. The lowest BCUT2D eigenvalue weighted by Crippen LogP contribution is -2.23. The molecule has 0 aliphatic heterocycles. The first kappa shape index (κ1) is 16.5. The maximum atomic E-state index is 12.1. The number of carbonyl (C=O) groups is 1. The Bertz CT molecular complexity index is 803. The Morgan fingerprint density at radius 2 is 1.88 bits per heavy atom. The standard InChI is InChI=1S/C18H15ClN2O2S/c19-14-6-8-15(9-7-14)23-11-17-21-16(12-24-17)18(22)20-10-13-4-2-1-3-5-13/h1-9,12H,10-11H2,(H,20,22). The van der Waals surface area contributed by atoms with E-state index in [2.05, 4.69) is 10.3 Å². The van der Waals surface area contributed by atoms with E-state index in [9.17, 15) is 4.79 Å². The average Bonchev–Trinajstić information content (AvgIpc) is 3.09. The van der Waals surface area contributed by atoms with Crippen LogP contribution in [0.3, 0.4) is 0 Å². The zero-order valence-corrected chi connectivity index (χ0v) is 14.3. The monoisotopic (exact) mass is 358 g/mol. The Hall–Kier alpha value is -2.37. The van der Waals surface area contributed by atoms with E-state index < -0.39 is 0 Å². The summed E-state index contributed by atoms with van der Waals surface area (Å²) in [5.74, 6) is 0.525. The molecule has 6 heteroatoms. The molecule has 0 saturated heterocycles. The van der Waals surface area contributed by atoms with Crippen molar-refractivity contribution in [2.75, 3.05) is 0 Å². The Labute approximate surface area is 149 Å². The van der Waals surface area contributed by atoms with E-state index in [-0.39, 0.29) is 5.91 Å². The molecule has 0 radical (unpaired) electrons. The molecule has 1 aromatic heterocycles. The van der Waals surface area contributed by atoms with Gasteiger partial charge in [-0.15, -0.1) is 11.3 Å². The molecule has 0 aliphatic carbocycles. The maximum Gasteiger partial charge on any atom is 0.271 e. The number of amides is 1. The lowest BCUT2D eigenvalue weighted by atomic mass is 10.2. The van der Waals surface area contributed by atoms with Gasteiger partial charge in [0, 0.05) is 16.9 Å². The lowest BCUT2D eigenvalue weighted by molar-refractivity contribution is 0.0946. The van der Waals surface area contributed by atoms with E-state index in [1.165, 1.54) is 11.3 Å². The van der Waals surface area contributed by atoms with Gasteiger partial charge < -0.3 is 10.1 Å². The van der Waals surface area contributed by atoms with Crippen LogP contribution in [0, 0.1) is 0 Å². The number of hydrogen-bond acceptors (Lipinski definition) is 4. The van der Waals surface area contributed by atoms with Crippen LogP contribution in [-0.2, 0) is 13.2 Å². The number of halogens is 1. The minimum atomic E-state index is -0.187. The average molecular weight is 359 g/mol. The van der Waals surface area contributed by atoms with Gasteiger partial charge in [0.15, 0.2) is 0 Å². The highest BCUT2D eigenvalue weighted by Gasteiger charge is 2.11. The van der Waals surface area contributed by atoms with Crippen LogP contribution in [0.5, 0.6) is 5.75 Å². The van der Waals surface area contributed by atoms with Crippen molar-refractivity contribution in [2.45, 2.75) is 13.2 Å². The molecular weight excluding hydrogens is 344 g/mol. The summed E-state index contributed by atoms with van der Waals surface area (Å²) >= 11 is 7.23. The Morgan fingerprint density at radius 3 is 2.62 bits per heavy atom. The van der Waals surface area contributed by atoms with Gasteiger partial charge in [-0.25, -0.2) is 4.98 Å². The number of thiazole rings is 1. The summed E-state index contributed by atoms with van der Waals surface area (Å²) in [5.41, 5.74) is 1.46. The van der Waals surface area contributed by atoms with Gasteiger partial charge in [0.1, 0.15) is 23.1 Å². The molecule has 0 saturated carbocycles. The molecule has 2 aromatic carbocycles. The Balaban J connectivity index is 1.52. The molecule has 0 atom stereocenters. The van der Waals surface area contributed by atoms with Gasteiger partial charge in [-0.2, -0.15) is 0 Å². The molecule has 1 N–H and O–H groups in total. The molecule has 122 valence electrons. The third-order valence-corrected chi connectivity index (χ3v) is 4.33. The largest absolute Gasteiger partial charge is 0.486 e. The number of aromatic nitrogens is 1. The molecule has 0 bridgehead atoms. The molecule has 24 heavy (non-hydrogen) atoms. The number of nitrogens with one attached hydrogen (secondary N) is 1. The molecule has 1 amide bonds. The summed E-state index contributed by atoms with van der Waals surface area (Å²) in [4.78, 5) is 16.4. The van der Waals surface area contributed by atoms with Crippen molar-refractivity contribution in [3.05, 3.63) is 81.3 Å². The number of ether oxygens (including phenoxy) is 1. The van der Waals surface area contributed by atoms with Crippen molar-refractivity contribution in [3.63, 3.8) is 0 Å². The molecule has 3 rings (SSSR count). The van der Waals surface area contributed by atoms with Crippen LogP contribution in [-0.4, -0.2) is 10.9 Å². The number of rotatable bonds is 6. The van der Waals surface area contributed by atoms with E-state index in [4.69, 9.17) is 16.3 Å². The zero-order valence-electron chi connectivity index (χ0n) is 12.7. The van der Waals surface area contributed by atoms with E-state index >= 15 is 0 Å². The summed E-state index contributed by atoms with van der Waals surface area (Å²) in [6, 6.07) is 16.9. The van der Waals surface area contributed by atoms with Crippen molar-refractivity contribution >= 4 is 28.8 Å². The molecular formula is C18H15ClN2O2S. The Morgan fingerprint density at radius 1 is 1.12 bits per heavy atom. The van der Waals surface area contributed by atoms with Crippen LogP contribution in [0.4, 0.5) is 0 Å². The first-order valence-corrected chi connectivity index (χ1v) is 8.61. The molecule has 1 heterocycles. The summed E-state index contributed by atoms with van der Waals surface area (Å²) in [7, 11) is 0. The van der Waals surface area contributed by atoms with E-state index in [1.807, 2.05) is 30.3 Å². The van der Waals surface area contributed by atoms with Crippen LogP contribution >= 0.6 is 22.9 Å². The molecule has 0 fully saturated rings. The van der Waals surface area contributed by atoms with Crippen LogP contribution in [0.2, 0.25) is 5.02 Å². The molecule has 0 unspecified atom stereocenters. The highest BCUT2D eigenvalue weighted by molar-refractivity contribution is 7.09. The van der Waals surface area contributed by atoms with Gasteiger partial charge >= 0.3 is 0 Å². The van der Waals surface area contributed by atoms with Gasteiger partial charge in [0.2, 0.25) is 0 Å². The lowest BCUT2D eigenvalue weighted by Gasteiger charge is -2.04. The van der Waals surface area contributed by atoms with Crippen LogP contribution in [0.1, 0.15) is 21.1 Å². The molecule has 0 spiro atoms.